The molecule has 108 valence electrons. The van der Waals surface area contributed by atoms with E-state index >= 15 is 0 Å². The number of rotatable bonds is 6. The van der Waals surface area contributed by atoms with Gasteiger partial charge in [-0.05, 0) is 50.6 Å². The average molecular weight is 273 g/mol. The Morgan fingerprint density at radius 2 is 1.70 bits per heavy atom. The van der Waals surface area contributed by atoms with Gasteiger partial charge in [-0.3, -0.25) is 0 Å². The third-order valence-corrected chi connectivity index (χ3v) is 3.23. The summed E-state index contributed by atoms with van der Waals surface area (Å²) in [6.45, 7) is 10.5. The van der Waals surface area contributed by atoms with Crippen molar-refractivity contribution in [2.24, 2.45) is 0 Å². The van der Waals surface area contributed by atoms with Gasteiger partial charge in [0.2, 0.25) is 0 Å². The summed E-state index contributed by atoms with van der Waals surface area (Å²) in [4.78, 5) is 0. The van der Waals surface area contributed by atoms with Crippen molar-refractivity contribution < 1.29 is 9.15 Å². The van der Waals surface area contributed by atoms with E-state index in [0.29, 0.717) is 6.61 Å². The quantitative estimate of drug-likeness (QED) is 0.867. The zero-order valence-electron chi connectivity index (χ0n) is 12.7. The Morgan fingerprint density at radius 1 is 1.05 bits per heavy atom. The monoisotopic (exact) mass is 273 g/mol. The molecular weight excluding hydrogens is 250 g/mol. The molecule has 0 amide bonds. The molecule has 0 fully saturated rings. The van der Waals surface area contributed by atoms with E-state index in [1.54, 1.807) is 0 Å². The molecule has 20 heavy (non-hydrogen) atoms. The molecule has 0 saturated carbocycles. The van der Waals surface area contributed by atoms with Crippen LogP contribution in [0.1, 0.15) is 35.1 Å². The molecule has 0 bridgehead atoms. The minimum Gasteiger partial charge on any atom is -0.485 e. The minimum atomic E-state index is 0.469. The highest BCUT2D eigenvalue weighted by Gasteiger charge is 2.07. The van der Waals surface area contributed by atoms with Gasteiger partial charge in [-0.2, -0.15) is 0 Å². The fourth-order valence-electron chi connectivity index (χ4n) is 2.38. The van der Waals surface area contributed by atoms with E-state index in [2.05, 4.69) is 45.1 Å². The average Bonchev–Trinajstić information content (AvgIpc) is 2.83. The van der Waals surface area contributed by atoms with Gasteiger partial charge in [0, 0.05) is 0 Å². The van der Waals surface area contributed by atoms with Crippen molar-refractivity contribution in [3.63, 3.8) is 0 Å². The van der Waals surface area contributed by atoms with E-state index in [0.717, 1.165) is 30.4 Å². The van der Waals surface area contributed by atoms with Crippen LogP contribution in [0.4, 0.5) is 0 Å². The molecule has 0 saturated heterocycles. The van der Waals surface area contributed by atoms with Gasteiger partial charge in [-0.25, -0.2) is 0 Å². The van der Waals surface area contributed by atoms with Gasteiger partial charge in [-0.15, -0.1) is 0 Å². The largest absolute Gasteiger partial charge is 0.485 e. The first-order valence-electron chi connectivity index (χ1n) is 7.09. The van der Waals surface area contributed by atoms with Crippen LogP contribution in [0.2, 0.25) is 0 Å². The van der Waals surface area contributed by atoms with Crippen molar-refractivity contribution in [2.45, 2.75) is 40.8 Å². The van der Waals surface area contributed by atoms with Crippen molar-refractivity contribution >= 4 is 0 Å². The lowest BCUT2D eigenvalue weighted by Gasteiger charge is -2.12. The molecule has 0 aliphatic carbocycles. The zero-order valence-corrected chi connectivity index (χ0v) is 12.7. The minimum absolute atomic E-state index is 0.469. The standard InChI is InChI=1S/C17H23NO2/c1-5-18-10-15-6-7-16(20-15)11-19-17-13(3)8-12(2)9-14(17)4/h6-9,18H,5,10-11H2,1-4H3. The molecule has 0 spiro atoms. The second-order valence-electron chi connectivity index (χ2n) is 5.16. The summed E-state index contributed by atoms with van der Waals surface area (Å²) in [5.41, 5.74) is 3.60. The molecule has 1 aromatic carbocycles. The fourth-order valence-corrected chi connectivity index (χ4v) is 2.38. The SMILES string of the molecule is CCNCc1ccc(COc2c(C)cc(C)cc2C)o1. The van der Waals surface area contributed by atoms with Crippen molar-refractivity contribution in [3.8, 4) is 5.75 Å². The van der Waals surface area contributed by atoms with Gasteiger partial charge < -0.3 is 14.5 Å². The van der Waals surface area contributed by atoms with E-state index in [9.17, 15) is 0 Å². The normalized spacial score (nSPS) is 10.8. The third kappa shape index (κ3) is 3.64. The van der Waals surface area contributed by atoms with Gasteiger partial charge in [0.25, 0.3) is 0 Å². The highest BCUT2D eigenvalue weighted by Crippen LogP contribution is 2.25. The van der Waals surface area contributed by atoms with Crippen molar-refractivity contribution in [1.29, 1.82) is 0 Å². The Kier molecular flexibility index (Phi) is 4.85. The number of hydrogen-bond acceptors (Lipinski definition) is 3. The predicted molar refractivity (Wildman–Crippen MR) is 81.1 cm³/mol. The van der Waals surface area contributed by atoms with Crippen molar-refractivity contribution in [2.75, 3.05) is 6.54 Å². The van der Waals surface area contributed by atoms with Gasteiger partial charge in [0.1, 0.15) is 23.9 Å². The first-order valence-corrected chi connectivity index (χ1v) is 7.09. The second kappa shape index (κ2) is 6.62. The molecule has 0 unspecified atom stereocenters. The fraction of sp³-hybridized carbons (Fsp3) is 0.412. The van der Waals surface area contributed by atoms with E-state index in [4.69, 9.17) is 9.15 Å². The summed E-state index contributed by atoms with van der Waals surface area (Å²) in [5, 5.41) is 3.24. The van der Waals surface area contributed by atoms with E-state index in [1.165, 1.54) is 16.7 Å². The van der Waals surface area contributed by atoms with Crippen LogP contribution in [0, 0.1) is 20.8 Å². The molecule has 1 aromatic heterocycles. The number of nitrogens with one attached hydrogen (secondary N) is 1. The molecule has 2 aromatic rings. The van der Waals surface area contributed by atoms with Crippen molar-refractivity contribution in [3.05, 3.63) is 52.5 Å². The lowest BCUT2D eigenvalue weighted by atomic mass is 10.1. The lowest BCUT2D eigenvalue weighted by Crippen LogP contribution is -2.10. The second-order valence-corrected chi connectivity index (χ2v) is 5.16. The molecule has 0 atom stereocenters. The number of ether oxygens (including phenoxy) is 1. The van der Waals surface area contributed by atoms with Crippen LogP contribution in [0.5, 0.6) is 5.75 Å². The number of aryl methyl sites for hydroxylation is 3. The van der Waals surface area contributed by atoms with Gasteiger partial charge in [0.05, 0.1) is 6.54 Å². The van der Waals surface area contributed by atoms with Crippen LogP contribution >= 0.6 is 0 Å². The first-order chi connectivity index (χ1) is 9.60. The summed E-state index contributed by atoms with van der Waals surface area (Å²) < 4.78 is 11.6. The predicted octanol–water partition coefficient (Wildman–Crippen LogP) is 3.89. The highest BCUT2D eigenvalue weighted by molar-refractivity contribution is 5.42. The summed E-state index contributed by atoms with van der Waals surface area (Å²) in [5.74, 6) is 2.76. The molecule has 0 aliphatic heterocycles. The summed E-state index contributed by atoms with van der Waals surface area (Å²) >= 11 is 0. The van der Waals surface area contributed by atoms with Crippen LogP contribution in [0.3, 0.4) is 0 Å². The number of furan rings is 1. The first kappa shape index (κ1) is 14.7. The highest BCUT2D eigenvalue weighted by atomic mass is 16.5. The molecule has 3 heteroatoms. The van der Waals surface area contributed by atoms with Crippen LogP contribution < -0.4 is 10.1 Å². The van der Waals surface area contributed by atoms with Gasteiger partial charge >= 0.3 is 0 Å². The Labute approximate surface area is 121 Å². The Balaban J connectivity index is 2.00. The molecule has 2 rings (SSSR count). The third-order valence-electron chi connectivity index (χ3n) is 3.23. The zero-order chi connectivity index (χ0) is 14.5. The van der Waals surface area contributed by atoms with Gasteiger partial charge in [0.15, 0.2) is 0 Å². The number of benzene rings is 1. The topological polar surface area (TPSA) is 34.4 Å². The van der Waals surface area contributed by atoms with Crippen LogP contribution in [-0.2, 0) is 13.2 Å². The van der Waals surface area contributed by atoms with Crippen LogP contribution in [0.25, 0.3) is 0 Å². The summed E-state index contributed by atoms with van der Waals surface area (Å²) in [6.07, 6.45) is 0. The Morgan fingerprint density at radius 3 is 2.35 bits per heavy atom. The van der Waals surface area contributed by atoms with Crippen LogP contribution in [0.15, 0.2) is 28.7 Å². The van der Waals surface area contributed by atoms with E-state index in [-0.39, 0.29) is 0 Å². The van der Waals surface area contributed by atoms with Crippen molar-refractivity contribution in [1.82, 2.24) is 5.32 Å². The molecule has 0 radical (unpaired) electrons. The van der Waals surface area contributed by atoms with Crippen LogP contribution in [-0.4, -0.2) is 6.54 Å². The maximum Gasteiger partial charge on any atom is 0.146 e. The molecular formula is C17H23NO2. The molecule has 0 aliphatic rings. The number of hydrogen-bond donors (Lipinski definition) is 1. The maximum atomic E-state index is 5.91. The maximum absolute atomic E-state index is 5.91. The smallest absolute Gasteiger partial charge is 0.146 e. The summed E-state index contributed by atoms with van der Waals surface area (Å²) in [6, 6.07) is 8.25. The van der Waals surface area contributed by atoms with Gasteiger partial charge in [-0.1, -0.05) is 24.6 Å². The Bertz CT molecular complexity index is 549. The Hall–Kier alpha value is -1.74. The lowest BCUT2D eigenvalue weighted by molar-refractivity contribution is 0.262. The van der Waals surface area contributed by atoms with E-state index in [1.807, 2.05) is 12.1 Å². The van der Waals surface area contributed by atoms with E-state index < -0.39 is 0 Å². The molecule has 1 heterocycles. The summed E-state index contributed by atoms with van der Waals surface area (Å²) in [7, 11) is 0. The molecule has 1 N–H and O–H groups in total. The molecule has 3 nitrogen and oxygen atoms in total.